The van der Waals surface area contributed by atoms with Crippen LogP contribution in [0.25, 0.3) is 6.08 Å². The monoisotopic (exact) mass is 673 g/mol. The van der Waals surface area contributed by atoms with Gasteiger partial charge >= 0.3 is 0 Å². The zero-order valence-electron chi connectivity index (χ0n) is 24.3. The number of carbonyl (C=O) groups is 1. The molecule has 1 N–H and O–H groups in total. The van der Waals surface area contributed by atoms with Crippen molar-refractivity contribution in [3.63, 3.8) is 0 Å². The second-order valence-corrected chi connectivity index (χ2v) is 11.5. The number of ether oxygens (including phenoxy) is 4. The van der Waals surface area contributed by atoms with Crippen molar-refractivity contribution in [2.75, 3.05) is 33.3 Å². The number of fused-ring (bicyclic) bond motifs is 1. The van der Waals surface area contributed by atoms with Crippen LogP contribution >= 0.6 is 27.3 Å². The number of methoxy groups -OCH3 is 3. The largest absolute Gasteiger partial charge is 0.493 e. The zero-order valence-corrected chi connectivity index (χ0v) is 26.7. The van der Waals surface area contributed by atoms with Crippen LogP contribution in [-0.4, -0.2) is 38.4 Å². The fraction of sp³-hybridized carbons (Fsp3) is 0.182. The van der Waals surface area contributed by atoms with E-state index < -0.39 is 6.04 Å². The first kappa shape index (κ1) is 30.7. The fourth-order valence-electron chi connectivity index (χ4n) is 4.93. The summed E-state index contributed by atoms with van der Waals surface area (Å²) in [4.78, 5) is 33.2. The van der Waals surface area contributed by atoms with E-state index in [0.717, 1.165) is 4.47 Å². The summed E-state index contributed by atoms with van der Waals surface area (Å²) in [6.07, 6.45) is 7.15. The van der Waals surface area contributed by atoms with E-state index in [2.05, 4.69) is 27.2 Å². The molecule has 1 aliphatic rings. The van der Waals surface area contributed by atoms with Crippen LogP contribution in [0.15, 0.2) is 86.2 Å². The van der Waals surface area contributed by atoms with Crippen LogP contribution in [0.3, 0.4) is 0 Å². The van der Waals surface area contributed by atoms with Gasteiger partial charge in [-0.2, -0.15) is 0 Å². The van der Waals surface area contributed by atoms with Gasteiger partial charge < -0.3 is 24.3 Å². The third-order valence-corrected chi connectivity index (χ3v) is 8.32. The number of anilines is 1. The SMILES string of the molecule is C#CCOc1c(/C=c2\sc3n(c2=O)[C@@H](c2ccc(OC)c(OC)c2)C(C(=O)Nc2ccccc2)=C(C)N=3)cc(Br)cc1OC. The van der Waals surface area contributed by atoms with Gasteiger partial charge in [0, 0.05) is 15.7 Å². The minimum atomic E-state index is -0.814. The molecule has 224 valence electrons. The Hall–Kier alpha value is -4.79. The molecule has 1 atom stereocenters. The van der Waals surface area contributed by atoms with E-state index in [1.807, 2.05) is 30.3 Å². The smallest absolute Gasteiger partial charge is 0.271 e. The molecule has 0 spiro atoms. The van der Waals surface area contributed by atoms with Crippen LogP contribution in [-0.2, 0) is 4.79 Å². The maximum Gasteiger partial charge on any atom is 0.271 e. The minimum Gasteiger partial charge on any atom is -0.493 e. The number of carbonyl (C=O) groups excluding carboxylic acids is 1. The summed E-state index contributed by atoms with van der Waals surface area (Å²) in [7, 11) is 4.60. The van der Waals surface area contributed by atoms with E-state index in [1.54, 1.807) is 50.4 Å². The maximum absolute atomic E-state index is 14.2. The van der Waals surface area contributed by atoms with E-state index in [1.165, 1.54) is 30.1 Å². The molecule has 9 nitrogen and oxygen atoms in total. The highest BCUT2D eigenvalue weighted by Crippen LogP contribution is 2.37. The van der Waals surface area contributed by atoms with Gasteiger partial charge in [-0.15, -0.1) is 6.42 Å². The van der Waals surface area contributed by atoms with Gasteiger partial charge in [-0.1, -0.05) is 57.5 Å². The standard InChI is InChI=1S/C33H28BrN3O6S/c1-6-14-43-30-21(15-22(34)18-26(30)42-5)17-27-32(39)37-29(20-12-13-24(40-3)25(16-20)41-4)28(19(2)35-33(37)44-27)31(38)36-23-10-8-7-9-11-23/h1,7-13,15-18,29H,14H2,2-5H3,(H,36,38)/b27-17-/t29-/m0/s1. The third-order valence-electron chi connectivity index (χ3n) is 6.88. The third kappa shape index (κ3) is 6.00. The molecule has 0 fully saturated rings. The van der Waals surface area contributed by atoms with Gasteiger partial charge in [-0.25, -0.2) is 4.99 Å². The number of hydrogen-bond donors (Lipinski definition) is 1. The van der Waals surface area contributed by atoms with Gasteiger partial charge in [0.05, 0.1) is 43.2 Å². The molecule has 2 heterocycles. The van der Waals surface area contributed by atoms with Crippen molar-refractivity contribution < 1.29 is 23.7 Å². The van der Waals surface area contributed by atoms with Gasteiger partial charge in [0.2, 0.25) is 0 Å². The number of terminal acetylenes is 1. The first-order valence-corrected chi connectivity index (χ1v) is 14.9. The number of thiazole rings is 1. The molecule has 44 heavy (non-hydrogen) atoms. The highest BCUT2D eigenvalue weighted by molar-refractivity contribution is 9.10. The average Bonchev–Trinajstić information content (AvgIpc) is 3.33. The lowest BCUT2D eigenvalue weighted by Gasteiger charge is -2.26. The Morgan fingerprint density at radius 3 is 2.48 bits per heavy atom. The van der Waals surface area contributed by atoms with Crippen LogP contribution in [0.5, 0.6) is 23.0 Å². The summed E-state index contributed by atoms with van der Waals surface area (Å²) in [6, 6.07) is 17.2. The number of aromatic nitrogens is 1. The first-order valence-electron chi connectivity index (χ1n) is 13.3. The number of rotatable bonds is 9. The summed E-state index contributed by atoms with van der Waals surface area (Å²) in [5.74, 6) is 3.90. The van der Waals surface area contributed by atoms with Crippen molar-refractivity contribution in [3.05, 3.63) is 107 Å². The lowest BCUT2D eigenvalue weighted by molar-refractivity contribution is -0.113. The molecule has 11 heteroatoms. The lowest BCUT2D eigenvalue weighted by atomic mass is 9.94. The van der Waals surface area contributed by atoms with Gasteiger partial charge in [0.15, 0.2) is 27.8 Å². The Bertz CT molecular complexity index is 1990. The Kier molecular flexibility index (Phi) is 9.23. The van der Waals surface area contributed by atoms with Crippen LogP contribution in [0.2, 0.25) is 0 Å². The summed E-state index contributed by atoms with van der Waals surface area (Å²) < 4.78 is 25.0. The molecule has 3 aromatic carbocycles. The lowest BCUT2D eigenvalue weighted by Crippen LogP contribution is -2.40. The summed E-state index contributed by atoms with van der Waals surface area (Å²) in [5, 5.41) is 2.95. The van der Waals surface area contributed by atoms with Gasteiger partial charge in [-0.3, -0.25) is 14.2 Å². The molecular weight excluding hydrogens is 646 g/mol. The van der Waals surface area contributed by atoms with E-state index in [9.17, 15) is 9.59 Å². The first-order chi connectivity index (χ1) is 21.3. The van der Waals surface area contributed by atoms with E-state index >= 15 is 0 Å². The number of benzene rings is 3. The van der Waals surface area contributed by atoms with E-state index in [4.69, 9.17) is 30.4 Å². The molecule has 1 amide bonds. The Labute approximate surface area is 266 Å². The molecule has 1 aromatic heterocycles. The summed E-state index contributed by atoms with van der Waals surface area (Å²) >= 11 is 4.70. The molecule has 1 aliphatic heterocycles. The van der Waals surface area contributed by atoms with Crippen molar-refractivity contribution in [1.29, 1.82) is 0 Å². The highest BCUT2D eigenvalue weighted by atomic mass is 79.9. The fourth-order valence-corrected chi connectivity index (χ4v) is 6.42. The maximum atomic E-state index is 14.2. The number of para-hydroxylation sites is 1. The summed E-state index contributed by atoms with van der Waals surface area (Å²) in [6.45, 7) is 1.77. The summed E-state index contributed by atoms with van der Waals surface area (Å²) in [5.41, 5.74) is 2.30. The highest BCUT2D eigenvalue weighted by Gasteiger charge is 2.33. The van der Waals surface area contributed by atoms with Crippen LogP contribution < -0.4 is 39.2 Å². The van der Waals surface area contributed by atoms with Gasteiger partial charge in [0.1, 0.15) is 6.61 Å². The topological polar surface area (TPSA) is 100 Å². The second kappa shape index (κ2) is 13.2. The predicted molar refractivity (Wildman–Crippen MR) is 173 cm³/mol. The zero-order chi connectivity index (χ0) is 31.4. The molecule has 0 bridgehead atoms. The number of amides is 1. The quantitative estimate of drug-likeness (QED) is 0.259. The van der Waals surface area contributed by atoms with Crippen LogP contribution in [0, 0.1) is 12.3 Å². The van der Waals surface area contributed by atoms with Crippen LogP contribution in [0.4, 0.5) is 5.69 Å². The Morgan fingerprint density at radius 1 is 1.07 bits per heavy atom. The molecular formula is C33H28BrN3O6S. The number of nitrogens with zero attached hydrogens (tertiary/aromatic N) is 2. The van der Waals surface area contributed by atoms with E-state index in [-0.39, 0.29) is 18.1 Å². The van der Waals surface area contributed by atoms with Gasteiger partial charge in [-0.05, 0) is 55.0 Å². The molecule has 0 radical (unpaired) electrons. The number of nitrogens with one attached hydrogen (secondary N) is 1. The average molecular weight is 675 g/mol. The van der Waals surface area contributed by atoms with Gasteiger partial charge in [0.25, 0.3) is 11.5 Å². The van der Waals surface area contributed by atoms with Crippen molar-refractivity contribution in [3.8, 4) is 35.3 Å². The molecule has 0 unspecified atom stereocenters. The number of hydrogen-bond acceptors (Lipinski definition) is 8. The van der Waals surface area contributed by atoms with E-state index in [0.29, 0.717) is 60.4 Å². The molecule has 4 aromatic rings. The Morgan fingerprint density at radius 2 is 1.80 bits per heavy atom. The molecule has 0 saturated heterocycles. The minimum absolute atomic E-state index is 0.0124. The second-order valence-electron chi connectivity index (χ2n) is 9.54. The van der Waals surface area contributed by atoms with Crippen molar-refractivity contribution in [1.82, 2.24) is 4.57 Å². The molecule has 0 aliphatic carbocycles. The predicted octanol–water partition coefficient (Wildman–Crippen LogP) is 4.67. The van der Waals surface area contributed by atoms with Crippen molar-refractivity contribution in [2.45, 2.75) is 13.0 Å². The number of halogens is 1. The van der Waals surface area contributed by atoms with Crippen molar-refractivity contribution >= 4 is 44.9 Å². The molecule has 5 rings (SSSR count). The number of allylic oxidation sites excluding steroid dienone is 1. The van der Waals surface area contributed by atoms with Crippen LogP contribution in [0.1, 0.15) is 24.1 Å². The van der Waals surface area contributed by atoms with Crippen molar-refractivity contribution in [2.24, 2.45) is 4.99 Å². The molecule has 0 saturated carbocycles. The normalized spacial score (nSPS) is 14.3. The Balaban J connectivity index is 1.73.